The van der Waals surface area contributed by atoms with E-state index in [1.165, 1.54) is 0 Å². The Morgan fingerprint density at radius 3 is 1.47 bits per heavy atom. The van der Waals surface area contributed by atoms with Crippen molar-refractivity contribution in [3.63, 3.8) is 0 Å². The quantitative estimate of drug-likeness (QED) is 0.489. The van der Waals surface area contributed by atoms with E-state index >= 15 is 0 Å². The molecule has 0 N–H and O–H groups in total. The average molecular weight is 408 g/mol. The van der Waals surface area contributed by atoms with E-state index in [2.05, 4.69) is 85.5 Å². The summed E-state index contributed by atoms with van der Waals surface area (Å²) in [4.78, 5) is 0. The molecule has 19 heavy (non-hydrogen) atoms. The molecule has 1 aromatic rings. The molecule has 1 rings (SSSR count). The maximum absolute atomic E-state index is 6.63. The van der Waals surface area contributed by atoms with Crippen LogP contribution < -0.4 is 4.43 Å². The van der Waals surface area contributed by atoms with E-state index in [-0.39, 0.29) is 0 Å². The third-order valence-electron chi connectivity index (χ3n) is 3.84. The van der Waals surface area contributed by atoms with Crippen molar-refractivity contribution in [3.05, 3.63) is 27.1 Å². The fraction of sp³-hybridized carbons (Fsp3) is 0.600. The molecule has 1 nitrogen and oxygen atoms in total. The Labute approximate surface area is 135 Å². The van der Waals surface area contributed by atoms with Gasteiger partial charge in [0.15, 0.2) is 0 Å². The molecule has 0 saturated carbocycles. The molecule has 0 bridgehead atoms. The third-order valence-corrected chi connectivity index (χ3v) is 10.8. The molecule has 0 heterocycles. The van der Waals surface area contributed by atoms with Gasteiger partial charge in [0.05, 0.1) is 0 Å². The highest BCUT2D eigenvalue weighted by molar-refractivity contribution is 9.11. The zero-order valence-corrected chi connectivity index (χ0v) is 16.8. The Morgan fingerprint density at radius 1 is 0.789 bits per heavy atom. The van der Waals surface area contributed by atoms with Gasteiger partial charge in [0, 0.05) is 8.95 Å². The summed E-state index contributed by atoms with van der Waals surface area (Å²) in [6, 6.07) is 6.18. The lowest BCUT2D eigenvalue weighted by molar-refractivity contribution is 0.479. The van der Waals surface area contributed by atoms with Crippen molar-refractivity contribution < 1.29 is 4.43 Å². The molecule has 0 aromatic heterocycles. The van der Waals surface area contributed by atoms with Crippen LogP contribution in [-0.2, 0) is 0 Å². The minimum absolute atomic E-state index is 0.588. The van der Waals surface area contributed by atoms with Crippen molar-refractivity contribution in [3.8, 4) is 5.75 Å². The number of benzene rings is 1. The van der Waals surface area contributed by atoms with Crippen LogP contribution in [0.5, 0.6) is 5.75 Å². The summed E-state index contributed by atoms with van der Waals surface area (Å²) in [5, 5.41) is 0. The number of rotatable bonds is 5. The second kappa shape index (κ2) is 6.77. The first kappa shape index (κ1) is 17.2. The molecular weight excluding hydrogens is 384 g/mol. The van der Waals surface area contributed by atoms with Gasteiger partial charge in [0.2, 0.25) is 0 Å². The summed E-state index contributed by atoms with van der Waals surface area (Å²) >= 11 is 7.07. The van der Waals surface area contributed by atoms with Gasteiger partial charge in [-0.2, -0.15) is 0 Å². The van der Waals surface area contributed by atoms with Crippen LogP contribution >= 0.6 is 31.9 Å². The number of hydrogen-bond donors (Lipinski definition) is 0. The molecule has 1 aromatic carbocycles. The summed E-state index contributed by atoms with van der Waals surface area (Å²) in [5.41, 5.74) is 1.76. The molecular formula is C15H24Br2OSi. The molecule has 0 saturated heterocycles. The predicted molar refractivity (Wildman–Crippen MR) is 93.5 cm³/mol. The van der Waals surface area contributed by atoms with Gasteiger partial charge < -0.3 is 4.43 Å². The monoisotopic (exact) mass is 406 g/mol. The summed E-state index contributed by atoms with van der Waals surface area (Å²) in [6.07, 6.45) is 0. The minimum Gasteiger partial charge on any atom is -0.543 e. The lowest BCUT2D eigenvalue weighted by atomic mass is 10.3. The fourth-order valence-corrected chi connectivity index (χ4v) is 9.63. The van der Waals surface area contributed by atoms with E-state index in [9.17, 15) is 0 Å². The van der Waals surface area contributed by atoms with Gasteiger partial charge in [-0.05, 0) is 34.8 Å². The van der Waals surface area contributed by atoms with Crippen molar-refractivity contribution in [1.82, 2.24) is 0 Å². The zero-order chi connectivity index (χ0) is 14.8. The molecule has 0 radical (unpaired) electrons. The van der Waals surface area contributed by atoms with Crippen molar-refractivity contribution in [2.45, 2.75) is 58.2 Å². The molecule has 108 valence electrons. The molecule has 0 spiro atoms. The van der Waals surface area contributed by atoms with E-state index < -0.39 is 8.32 Å². The van der Waals surface area contributed by atoms with Crippen molar-refractivity contribution >= 4 is 40.2 Å². The lowest BCUT2D eigenvalue weighted by Gasteiger charge is -2.42. The number of hydrogen-bond acceptors (Lipinski definition) is 1. The molecule has 0 aliphatic carbocycles. The van der Waals surface area contributed by atoms with Crippen LogP contribution in [0.1, 0.15) is 41.5 Å². The van der Waals surface area contributed by atoms with Gasteiger partial charge in [-0.1, -0.05) is 73.4 Å². The maximum Gasteiger partial charge on any atom is 0.258 e. The van der Waals surface area contributed by atoms with Gasteiger partial charge in [-0.3, -0.25) is 0 Å². The third kappa shape index (κ3) is 3.85. The highest BCUT2D eigenvalue weighted by atomic mass is 79.9. The highest BCUT2D eigenvalue weighted by Gasteiger charge is 2.46. The average Bonchev–Trinajstić information content (AvgIpc) is 2.22. The van der Waals surface area contributed by atoms with Crippen LogP contribution in [0.4, 0.5) is 0 Å². The molecule has 4 heteroatoms. The molecule has 0 amide bonds. The molecule has 0 unspecified atom stereocenters. The van der Waals surface area contributed by atoms with E-state index in [4.69, 9.17) is 4.43 Å². The normalized spacial score (nSPS) is 12.6. The standard InChI is InChI=1S/C15H24Br2OSi/c1-10(2)19(11(3)4,12(5)6)18-15-8-13(16)7-14(17)9-15/h7-12H,1-6H3. The second-order valence-corrected chi connectivity index (χ2v) is 13.2. The highest BCUT2D eigenvalue weighted by Crippen LogP contribution is 2.43. The largest absolute Gasteiger partial charge is 0.543 e. The Hall–Kier alpha value is 0.197. The summed E-state index contributed by atoms with van der Waals surface area (Å²) in [6.45, 7) is 13.8. The second-order valence-electron chi connectivity index (χ2n) is 6.02. The van der Waals surface area contributed by atoms with E-state index in [0.717, 1.165) is 14.7 Å². The summed E-state index contributed by atoms with van der Waals surface area (Å²) < 4.78 is 8.73. The van der Waals surface area contributed by atoms with Crippen LogP contribution in [0.2, 0.25) is 16.6 Å². The number of halogens is 2. The predicted octanol–water partition coefficient (Wildman–Crippen LogP) is 6.77. The molecule has 0 aliphatic heterocycles. The zero-order valence-electron chi connectivity index (χ0n) is 12.6. The van der Waals surface area contributed by atoms with Crippen LogP contribution in [0, 0.1) is 0 Å². The van der Waals surface area contributed by atoms with Crippen LogP contribution in [0.25, 0.3) is 0 Å². The van der Waals surface area contributed by atoms with Crippen LogP contribution in [-0.4, -0.2) is 8.32 Å². The summed E-state index contributed by atoms with van der Waals surface area (Å²) in [5.74, 6) is 0.976. The lowest BCUT2D eigenvalue weighted by Crippen LogP contribution is -2.50. The Morgan fingerprint density at radius 2 is 1.16 bits per heavy atom. The first-order chi connectivity index (χ1) is 8.70. The Balaban J connectivity index is 3.20. The SMILES string of the molecule is CC(C)[Si](Oc1cc(Br)cc(Br)c1)(C(C)C)C(C)C. The van der Waals surface area contributed by atoms with Gasteiger partial charge in [0.1, 0.15) is 5.75 Å². The van der Waals surface area contributed by atoms with E-state index in [1.54, 1.807) is 0 Å². The Bertz CT molecular complexity index is 388. The smallest absolute Gasteiger partial charge is 0.258 e. The van der Waals surface area contributed by atoms with Crippen LogP contribution in [0.15, 0.2) is 27.1 Å². The van der Waals surface area contributed by atoms with Crippen molar-refractivity contribution in [1.29, 1.82) is 0 Å². The Kier molecular flexibility index (Phi) is 6.14. The van der Waals surface area contributed by atoms with Crippen molar-refractivity contribution in [2.75, 3.05) is 0 Å². The van der Waals surface area contributed by atoms with Crippen LogP contribution in [0.3, 0.4) is 0 Å². The van der Waals surface area contributed by atoms with Gasteiger partial charge >= 0.3 is 0 Å². The first-order valence-corrected chi connectivity index (χ1v) is 10.6. The topological polar surface area (TPSA) is 9.23 Å². The van der Waals surface area contributed by atoms with Crippen molar-refractivity contribution in [2.24, 2.45) is 0 Å². The minimum atomic E-state index is -1.86. The molecule has 0 aliphatic rings. The fourth-order valence-electron chi connectivity index (χ4n) is 3.15. The maximum atomic E-state index is 6.63. The van der Waals surface area contributed by atoms with Gasteiger partial charge in [-0.25, -0.2) is 0 Å². The first-order valence-electron chi connectivity index (χ1n) is 6.85. The van der Waals surface area contributed by atoms with Gasteiger partial charge in [-0.15, -0.1) is 0 Å². The van der Waals surface area contributed by atoms with E-state index in [1.807, 2.05) is 6.07 Å². The van der Waals surface area contributed by atoms with Gasteiger partial charge in [0.25, 0.3) is 8.32 Å². The summed E-state index contributed by atoms with van der Waals surface area (Å²) in [7, 11) is -1.86. The molecule has 0 atom stereocenters. The van der Waals surface area contributed by atoms with E-state index in [0.29, 0.717) is 16.6 Å². The molecule has 0 fully saturated rings.